The smallest absolute Gasteiger partial charge is 0.326 e. The Morgan fingerprint density at radius 1 is 1.24 bits per heavy atom. The van der Waals surface area contributed by atoms with E-state index in [1.54, 1.807) is 0 Å². The van der Waals surface area contributed by atoms with Crippen molar-refractivity contribution in [1.29, 1.82) is 0 Å². The van der Waals surface area contributed by atoms with E-state index in [-0.39, 0.29) is 38.6 Å². The van der Waals surface area contributed by atoms with E-state index >= 15 is 0 Å². The van der Waals surface area contributed by atoms with Gasteiger partial charge in [-0.05, 0) is 0 Å². The summed E-state index contributed by atoms with van der Waals surface area (Å²) in [5.74, 6) is -1.53. The van der Waals surface area contributed by atoms with Crippen molar-refractivity contribution in [3.05, 3.63) is 0 Å². The molecular weight excluding hydrogens is 282 g/mol. The van der Waals surface area contributed by atoms with Crippen molar-refractivity contribution in [3.63, 3.8) is 0 Å². The first-order valence-electron chi connectivity index (χ1n) is 6.73. The van der Waals surface area contributed by atoms with E-state index in [2.05, 4.69) is 5.32 Å². The second kappa shape index (κ2) is 6.27. The predicted octanol–water partition coefficient (Wildman–Crippen LogP) is -1.93. The Balaban J connectivity index is 2.16. The fourth-order valence-corrected chi connectivity index (χ4v) is 2.64. The number of aliphatic hydroxyl groups excluding tert-OH is 1. The molecule has 2 heterocycles. The van der Waals surface area contributed by atoms with Crippen molar-refractivity contribution in [3.8, 4) is 0 Å². The van der Waals surface area contributed by atoms with Crippen LogP contribution >= 0.6 is 0 Å². The van der Waals surface area contributed by atoms with Crippen LogP contribution in [0.4, 0.5) is 4.79 Å². The maximum atomic E-state index is 12.5. The minimum Gasteiger partial charge on any atom is -0.480 e. The summed E-state index contributed by atoms with van der Waals surface area (Å²) >= 11 is 0. The molecule has 2 fully saturated rings. The lowest BCUT2D eigenvalue weighted by Crippen LogP contribution is -2.59. The molecule has 2 aliphatic rings. The Kier molecular flexibility index (Phi) is 4.63. The number of ether oxygens (including phenoxy) is 1. The molecule has 21 heavy (non-hydrogen) atoms. The number of hydrogen-bond acceptors (Lipinski definition) is 5. The molecule has 0 aromatic carbocycles. The molecule has 2 aliphatic heterocycles. The van der Waals surface area contributed by atoms with Gasteiger partial charge in [-0.25, -0.2) is 9.59 Å². The first-order valence-corrected chi connectivity index (χ1v) is 6.73. The Hall–Kier alpha value is -1.87. The van der Waals surface area contributed by atoms with E-state index in [9.17, 15) is 19.5 Å². The van der Waals surface area contributed by atoms with Gasteiger partial charge in [-0.15, -0.1) is 0 Å². The highest BCUT2D eigenvalue weighted by atomic mass is 16.5. The monoisotopic (exact) mass is 301 g/mol. The molecule has 0 bridgehead atoms. The molecule has 0 aromatic rings. The number of carbonyl (C=O) groups is 3. The van der Waals surface area contributed by atoms with E-state index in [4.69, 9.17) is 9.84 Å². The second-order valence-electron chi connectivity index (χ2n) is 5.08. The zero-order valence-electron chi connectivity index (χ0n) is 11.7. The molecule has 3 N–H and O–H groups in total. The summed E-state index contributed by atoms with van der Waals surface area (Å²) in [6.45, 7) is 0.510. The molecule has 3 amide bonds. The number of hydrogen-bond donors (Lipinski definition) is 3. The summed E-state index contributed by atoms with van der Waals surface area (Å²) in [6, 6.07) is -2.42. The van der Waals surface area contributed by atoms with Crippen LogP contribution in [0.1, 0.15) is 6.42 Å². The average Bonchev–Trinajstić information content (AvgIpc) is 2.88. The van der Waals surface area contributed by atoms with Crippen LogP contribution in [-0.4, -0.2) is 89.5 Å². The average molecular weight is 301 g/mol. The maximum Gasteiger partial charge on any atom is 0.326 e. The number of likely N-dealkylation sites (tertiary alicyclic amines) is 1. The van der Waals surface area contributed by atoms with Crippen molar-refractivity contribution in [1.82, 2.24) is 15.1 Å². The van der Waals surface area contributed by atoms with E-state index in [1.807, 2.05) is 0 Å². The summed E-state index contributed by atoms with van der Waals surface area (Å²) in [7, 11) is 1.46. The van der Waals surface area contributed by atoms with E-state index < -0.39 is 30.2 Å². The molecule has 3 atom stereocenters. The van der Waals surface area contributed by atoms with Gasteiger partial charge >= 0.3 is 12.0 Å². The third-order valence-electron chi connectivity index (χ3n) is 3.73. The van der Waals surface area contributed by atoms with Gasteiger partial charge in [-0.3, -0.25) is 4.79 Å². The Bertz CT molecular complexity index is 443. The standard InChI is InChI=1S/C12H19N3O6/c1-13-10(17)9-6-21-3-2-14(9)12(20)15-5-7(16)4-8(15)11(18)19/h7-9,16H,2-6H2,1H3,(H,13,17)(H,18,19)/t7-,8-,9?/m0/s1. The topological polar surface area (TPSA) is 119 Å². The molecule has 1 unspecified atom stereocenters. The number of carboxylic acids is 1. The maximum absolute atomic E-state index is 12.5. The number of carboxylic acid groups (broad SMARTS) is 1. The number of aliphatic carboxylic acids is 1. The molecule has 2 saturated heterocycles. The summed E-state index contributed by atoms with van der Waals surface area (Å²) in [6.07, 6.45) is -0.870. The number of urea groups is 1. The molecular formula is C12H19N3O6. The largest absolute Gasteiger partial charge is 0.480 e. The SMILES string of the molecule is CNC(=O)C1COCCN1C(=O)N1C[C@@H](O)C[C@H]1C(=O)O. The van der Waals surface area contributed by atoms with Crippen molar-refractivity contribution in [2.24, 2.45) is 0 Å². The molecule has 0 saturated carbocycles. The van der Waals surface area contributed by atoms with Gasteiger partial charge in [0.05, 0.1) is 19.3 Å². The third-order valence-corrected chi connectivity index (χ3v) is 3.73. The van der Waals surface area contributed by atoms with Crippen LogP contribution in [0, 0.1) is 0 Å². The number of rotatable bonds is 2. The van der Waals surface area contributed by atoms with Crippen molar-refractivity contribution < 1.29 is 29.3 Å². The van der Waals surface area contributed by atoms with E-state index in [1.165, 1.54) is 11.9 Å². The van der Waals surface area contributed by atoms with Crippen LogP contribution in [0.5, 0.6) is 0 Å². The van der Waals surface area contributed by atoms with Gasteiger partial charge in [0, 0.05) is 26.6 Å². The number of amides is 3. The van der Waals surface area contributed by atoms with Crippen LogP contribution in [0.3, 0.4) is 0 Å². The fourth-order valence-electron chi connectivity index (χ4n) is 2.64. The van der Waals surface area contributed by atoms with Gasteiger partial charge < -0.3 is 30.1 Å². The number of morpholine rings is 1. The number of β-amino-alcohol motifs (C(OH)–C–C–N with tert-alkyl or cyclic N) is 1. The molecule has 118 valence electrons. The van der Waals surface area contributed by atoms with Crippen LogP contribution in [0.15, 0.2) is 0 Å². The first kappa shape index (κ1) is 15.5. The fraction of sp³-hybridized carbons (Fsp3) is 0.750. The summed E-state index contributed by atoms with van der Waals surface area (Å²) < 4.78 is 5.20. The highest BCUT2D eigenvalue weighted by molar-refractivity contribution is 5.89. The highest BCUT2D eigenvalue weighted by Gasteiger charge is 2.43. The Morgan fingerprint density at radius 2 is 1.95 bits per heavy atom. The molecule has 0 spiro atoms. The van der Waals surface area contributed by atoms with Gasteiger partial charge in [0.25, 0.3) is 0 Å². The summed E-state index contributed by atoms with van der Waals surface area (Å²) in [5.41, 5.74) is 0. The van der Waals surface area contributed by atoms with E-state index in [0.29, 0.717) is 0 Å². The lowest BCUT2D eigenvalue weighted by molar-refractivity contribution is -0.141. The van der Waals surface area contributed by atoms with E-state index in [0.717, 1.165) is 4.90 Å². The zero-order chi connectivity index (χ0) is 15.6. The van der Waals surface area contributed by atoms with Gasteiger partial charge in [-0.2, -0.15) is 0 Å². The Morgan fingerprint density at radius 3 is 2.57 bits per heavy atom. The number of nitrogens with one attached hydrogen (secondary N) is 1. The molecule has 0 radical (unpaired) electrons. The Labute approximate surface area is 121 Å². The number of aliphatic hydroxyl groups is 1. The number of nitrogens with zero attached hydrogens (tertiary/aromatic N) is 2. The number of likely N-dealkylation sites (N-methyl/N-ethyl adjacent to an activating group) is 1. The predicted molar refractivity (Wildman–Crippen MR) is 69.5 cm³/mol. The van der Waals surface area contributed by atoms with Crippen LogP contribution in [0.2, 0.25) is 0 Å². The molecule has 2 rings (SSSR count). The summed E-state index contributed by atoms with van der Waals surface area (Å²) in [4.78, 5) is 37.9. The number of carbonyl (C=O) groups excluding carboxylic acids is 2. The minimum absolute atomic E-state index is 0.00391. The third kappa shape index (κ3) is 3.08. The lowest BCUT2D eigenvalue weighted by Gasteiger charge is -2.37. The molecule has 9 nitrogen and oxygen atoms in total. The molecule has 0 aliphatic carbocycles. The molecule has 0 aromatic heterocycles. The van der Waals surface area contributed by atoms with Crippen molar-refractivity contribution in [2.45, 2.75) is 24.6 Å². The lowest BCUT2D eigenvalue weighted by atomic mass is 10.2. The molecule has 9 heteroatoms. The van der Waals surface area contributed by atoms with Crippen LogP contribution < -0.4 is 5.32 Å². The first-order chi connectivity index (χ1) is 9.95. The second-order valence-corrected chi connectivity index (χ2v) is 5.08. The van der Waals surface area contributed by atoms with Gasteiger partial charge in [0.15, 0.2) is 0 Å². The van der Waals surface area contributed by atoms with Gasteiger partial charge in [0.2, 0.25) is 5.91 Å². The summed E-state index contributed by atoms with van der Waals surface area (Å²) in [5, 5.41) is 21.2. The van der Waals surface area contributed by atoms with Gasteiger partial charge in [-0.1, -0.05) is 0 Å². The van der Waals surface area contributed by atoms with Gasteiger partial charge in [0.1, 0.15) is 12.1 Å². The van der Waals surface area contributed by atoms with Crippen molar-refractivity contribution in [2.75, 3.05) is 33.4 Å². The normalized spacial score (nSPS) is 29.3. The van der Waals surface area contributed by atoms with Crippen LogP contribution in [-0.2, 0) is 14.3 Å². The minimum atomic E-state index is -1.16. The highest BCUT2D eigenvalue weighted by Crippen LogP contribution is 2.22. The zero-order valence-corrected chi connectivity index (χ0v) is 11.7. The van der Waals surface area contributed by atoms with Crippen molar-refractivity contribution >= 4 is 17.9 Å². The quantitative estimate of drug-likeness (QED) is 0.546. The van der Waals surface area contributed by atoms with Crippen LogP contribution in [0.25, 0.3) is 0 Å².